The maximum Gasteiger partial charge on any atom is 0.338 e. The van der Waals surface area contributed by atoms with Crippen LogP contribution in [0.3, 0.4) is 0 Å². The van der Waals surface area contributed by atoms with Gasteiger partial charge < -0.3 is 0 Å². The summed E-state index contributed by atoms with van der Waals surface area (Å²) in [6.45, 7) is 2.55. The highest BCUT2D eigenvalue weighted by Gasteiger charge is 2.40. The summed E-state index contributed by atoms with van der Waals surface area (Å²) < 4.78 is 30.6. The summed E-state index contributed by atoms with van der Waals surface area (Å²) in [5.41, 5.74) is 4.79. The predicted molar refractivity (Wildman–Crippen MR) is 84.8 cm³/mol. The van der Waals surface area contributed by atoms with Gasteiger partial charge in [-0.3, -0.25) is 4.18 Å². The summed E-state index contributed by atoms with van der Waals surface area (Å²) in [7, 11) is -3.60. The third-order valence-corrected chi connectivity index (χ3v) is 6.08. The molecule has 1 heterocycles. The van der Waals surface area contributed by atoms with Gasteiger partial charge in [0.1, 0.15) is 0 Å². The van der Waals surface area contributed by atoms with Gasteiger partial charge in [-0.2, -0.15) is 12.7 Å². The van der Waals surface area contributed by atoms with E-state index >= 15 is 0 Å². The Morgan fingerprint density at radius 1 is 1.05 bits per heavy atom. The first-order valence-electron chi connectivity index (χ1n) is 7.42. The lowest BCUT2D eigenvalue weighted by Crippen LogP contribution is -2.35. The predicted octanol–water partition coefficient (Wildman–Crippen LogP) is 2.76. The first kappa shape index (κ1) is 13.9. The maximum atomic E-state index is 12.1. The number of hydrogen-bond donors (Lipinski definition) is 0. The molecule has 0 radical (unpaired) electrons. The van der Waals surface area contributed by atoms with Gasteiger partial charge in [-0.1, -0.05) is 48.5 Å². The lowest BCUT2D eigenvalue weighted by Gasteiger charge is -2.22. The lowest BCUT2D eigenvalue weighted by molar-refractivity contribution is 0.322. The van der Waals surface area contributed by atoms with E-state index in [4.69, 9.17) is 4.18 Å². The number of rotatable bonds is 2. The Hall–Kier alpha value is -1.69. The second-order valence-electron chi connectivity index (χ2n) is 5.89. The van der Waals surface area contributed by atoms with Crippen LogP contribution >= 0.6 is 0 Å². The number of hydrogen-bond acceptors (Lipinski definition) is 3. The van der Waals surface area contributed by atoms with Crippen LogP contribution in [0.5, 0.6) is 0 Å². The van der Waals surface area contributed by atoms with Gasteiger partial charge in [-0.05, 0) is 29.2 Å². The number of fused-ring (bicyclic) bond motifs is 3. The van der Waals surface area contributed by atoms with E-state index in [2.05, 4.69) is 24.3 Å². The van der Waals surface area contributed by atoms with E-state index in [9.17, 15) is 8.42 Å². The first-order valence-corrected chi connectivity index (χ1v) is 8.79. The standard InChI is InChI=1S/C17H17NO3S/c1-12-11-21-22(19,20)18(12)10-17-15-8-4-2-6-13(15)14-7-3-5-9-16(14)17/h2-9,12,17H,10-11H2,1H3/t12-/m0/s1. The van der Waals surface area contributed by atoms with E-state index in [1.807, 2.05) is 31.2 Å². The molecule has 1 atom stereocenters. The van der Waals surface area contributed by atoms with E-state index in [0.29, 0.717) is 6.54 Å². The quantitative estimate of drug-likeness (QED) is 0.856. The summed E-state index contributed by atoms with van der Waals surface area (Å²) >= 11 is 0. The molecule has 1 fully saturated rings. The van der Waals surface area contributed by atoms with Crippen LogP contribution in [0, 0.1) is 0 Å². The molecule has 4 nitrogen and oxygen atoms in total. The minimum Gasteiger partial charge on any atom is -0.256 e. The third-order valence-electron chi connectivity index (χ3n) is 4.56. The molecular weight excluding hydrogens is 298 g/mol. The fourth-order valence-electron chi connectivity index (χ4n) is 3.46. The van der Waals surface area contributed by atoms with Crippen molar-refractivity contribution in [2.75, 3.05) is 13.2 Å². The van der Waals surface area contributed by atoms with Crippen LogP contribution in [0.1, 0.15) is 24.0 Å². The van der Waals surface area contributed by atoms with Gasteiger partial charge in [0, 0.05) is 18.5 Å². The summed E-state index contributed by atoms with van der Waals surface area (Å²) in [6, 6.07) is 16.3. The van der Waals surface area contributed by atoms with E-state index in [1.165, 1.54) is 26.6 Å². The van der Waals surface area contributed by atoms with Crippen molar-refractivity contribution in [2.24, 2.45) is 0 Å². The Kier molecular flexibility index (Phi) is 3.11. The van der Waals surface area contributed by atoms with Crippen LogP contribution in [0.25, 0.3) is 11.1 Å². The maximum absolute atomic E-state index is 12.1. The lowest BCUT2D eigenvalue weighted by atomic mass is 9.97. The molecule has 0 saturated carbocycles. The summed E-state index contributed by atoms with van der Waals surface area (Å²) in [4.78, 5) is 0. The topological polar surface area (TPSA) is 46.6 Å². The van der Waals surface area contributed by atoms with Crippen molar-refractivity contribution in [2.45, 2.75) is 18.9 Å². The second-order valence-corrected chi connectivity index (χ2v) is 7.45. The molecule has 0 spiro atoms. The van der Waals surface area contributed by atoms with Gasteiger partial charge in [0.2, 0.25) is 0 Å². The smallest absolute Gasteiger partial charge is 0.256 e. The van der Waals surface area contributed by atoms with Crippen LogP contribution in [0.15, 0.2) is 48.5 Å². The van der Waals surface area contributed by atoms with Crippen LogP contribution in [0.2, 0.25) is 0 Å². The highest BCUT2D eigenvalue weighted by molar-refractivity contribution is 7.84. The minimum atomic E-state index is -3.60. The molecule has 2 aromatic carbocycles. The molecule has 1 aliphatic heterocycles. The molecule has 2 aliphatic rings. The molecule has 0 N–H and O–H groups in total. The van der Waals surface area contributed by atoms with Crippen molar-refractivity contribution in [1.82, 2.24) is 4.31 Å². The zero-order valence-corrected chi connectivity index (χ0v) is 13.1. The molecule has 1 aliphatic carbocycles. The molecule has 4 rings (SSSR count). The Bertz CT molecular complexity index is 786. The van der Waals surface area contributed by atoms with Gasteiger partial charge in [0.25, 0.3) is 0 Å². The van der Waals surface area contributed by atoms with E-state index < -0.39 is 10.3 Å². The van der Waals surface area contributed by atoms with E-state index in [1.54, 1.807) is 0 Å². The summed E-state index contributed by atoms with van der Waals surface area (Å²) in [5.74, 6) is 0.0614. The van der Waals surface area contributed by atoms with Crippen molar-refractivity contribution < 1.29 is 12.6 Å². The van der Waals surface area contributed by atoms with Gasteiger partial charge in [-0.25, -0.2) is 0 Å². The van der Waals surface area contributed by atoms with Gasteiger partial charge in [0.15, 0.2) is 0 Å². The summed E-state index contributed by atoms with van der Waals surface area (Å²) in [6.07, 6.45) is 0. The minimum absolute atomic E-state index is 0.0614. The van der Waals surface area contributed by atoms with E-state index in [0.717, 1.165) is 0 Å². The van der Waals surface area contributed by atoms with Crippen LogP contribution in [-0.2, 0) is 14.5 Å². The molecule has 0 bridgehead atoms. The van der Waals surface area contributed by atoms with Crippen molar-refractivity contribution in [3.05, 3.63) is 59.7 Å². The SMILES string of the molecule is C[C@H]1COS(=O)(=O)N1CC1c2ccccc2-c2ccccc21. The Balaban J connectivity index is 1.79. The average molecular weight is 315 g/mol. The van der Waals surface area contributed by atoms with Crippen molar-refractivity contribution in [3.63, 3.8) is 0 Å². The van der Waals surface area contributed by atoms with Gasteiger partial charge in [-0.15, -0.1) is 0 Å². The van der Waals surface area contributed by atoms with Crippen LogP contribution in [0.4, 0.5) is 0 Å². The molecule has 1 saturated heterocycles. The van der Waals surface area contributed by atoms with Crippen LogP contribution in [-0.4, -0.2) is 31.9 Å². The molecule has 0 unspecified atom stereocenters. The highest BCUT2D eigenvalue weighted by Crippen LogP contribution is 2.45. The second kappa shape index (κ2) is 4.91. The van der Waals surface area contributed by atoms with Crippen LogP contribution < -0.4 is 0 Å². The molecule has 2 aromatic rings. The Labute approximate surface area is 130 Å². The monoisotopic (exact) mass is 315 g/mol. The molecule has 114 valence electrons. The van der Waals surface area contributed by atoms with Crippen molar-refractivity contribution >= 4 is 10.3 Å². The Morgan fingerprint density at radius 3 is 2.09 bits per heavy atom. The highest BCUT2D eigenvalue weighted by atomic mass is 32.2. The molecule has 0 amide bonds. The fourth-order valence-corrected chi connectivity index (χ4v) is 4.80. The zero-order chi connectivity index (χ0) is 15.3. The van der Waals surface area contributed by atoms with Crippen molar-refractivity contribution in [3.8, 4) is 11.1 Å². The van der Waals surface area contributed by atoms with Gasteiger partial charge in [0.05, 0.1) is 6.61 Å². The first-order chi connectivity index (χ1) is 10.6. The summed E-state index contributed by atoms with van der Waals surface area (Å²) in [5, 5.41) is 0. The van der Waals surface area contributed by atoms with E-state index in [-0.39, 0.29) is 18.6 Å². The van der Waals surface area contributed by atoms with Crippen molar-refractivity contribution in [1.29, 1.82) is 0 Å². The number of benzene rings is 2. The molecule has 22 heavy (non-hydrogen) atoms. The molecular formula is C17H17NO3S. The zero-order valence-electron chi connectivity index (χ0n) is 12.3. The average Bonchev–Trinajstić information content (AvgIpc) is 2.97. The largest absolute Gasteiger partial charge is 0.338 e. The normalized spacial score (nSPS) is 23.4. The van der Waals surface area contributed by atoms with Gasteiger partial charge >= 0.3 is 10.3 Å². The third kappa shape index (κ3) is 2.00. The Morgan fingerprint density at radius 2 is 1.59 bits per heavy atom. The molecule has 5 heteroatoms. The molecule has 0 aromatic heterocycles. The fraction of sp³-hybridized carbons (Fsp3) is 0.294. The number of nitrogens with zero attached hydrogens (tertiary/aromatic N) is 1.